The van der Waals surface area contributed by atoms with Crippen molar-refractivity contribution in [3.8, 4) is 0 Å². The second-order valence-corrected chi connectivity index (χ2v) is 5.64. The molecule has 90 valence electrons. The Morgan fingerprint density at radius 3 is 2.76 bits per heavy atom. The van der Waals surface area contributed by atoms with Crippen LogP contribution in [0.4, 0.5) is 0 Å². The van der Waals surface area contributed by atoms with E-state index in [9.17, 15) is 5.11 Å². The van der Waals surface area contributed by atoms with E-state index in [-0.39, 0.29) is 0 Å². The number of hydrogen-bond donors (Lipinski definition) is 1. The number of aryl methyl sites for hydroxylation is 1. The molecule has 1 N–H and O–H groups in total. The third-order valence-electron chi connectivity index (χ3n) is 2.44. The van der Waals surface area contributed by atoms with Crippen LogP contribution in [0.1, 0.15) is 17.4 Å². The fourth-order valence-electron chi connectivity index (χ4n) is 1.51. The summed E-state index contributed by atoms with van der Waals surface area (Å²) in [6, 6.07) is 9.93. The molecule has 2 rings (SSSR count). The third kappa shape index (κ3) is 3.15. The van der Waals surface area contributed by atoms with Crippen LogP contribution in [0.3, 0.4) is 0 Å². The van der Waals surface area contributed by atoms with Crippen LogP contribution >= 0.6 is 27.7 Å². The highest BCUT2D eigenvalue weighted by molar-refractivity contribution is 9.10. The van der Waals surface area contributed by atoms with Crippen molar-refractivity contribution in [2.24, 2.45) is 0 Å². The Morgan fingerprint density at radius 1 is 1.35 bits per heavy atom. The van der Waals surface area contributed by atoms with Crippen molar-refractivity contribution in [3.63, 3.8) is 0 Å². The van der Waals surface area contributed by atoms with Crippen LogP contribution in [-0.2, 0) is 0 Å². The van der Waals surface area contributed by atoms with Crippen molar-refractivity contribution in [3.05, 3.63) is 52.4 Å². The fourth-order valence-corrected chi connectivity index (χ4v) is 2.93. The van der Waals surface area contributed by atoms with Crippen molar-refractivity contribution >= 4 is 27.7 Å². The van der Waals surface area contributed by atoms with Crippen molar-refractivity contribution < 1.29 is 9.52 Å². The predicted molar refractivity (Wildman–Crippen MR) is 73.3 cm³/mol. The lowest BCUT2D eigenvalue weighted by Gasteiger charge is -2.09. The highest BCUT2D eigenvalue weighted by Gasteiger charge is 2.15. The van der Waals surface area contributed by atoms with Crippen molar-refractivity contribution in [1.82, 2.24) is 0 Å². The Hall–Kier alpha value is -0.710. The molecule has 0 fully saturated rings. The van der Waals surface area contributed by atoms with Gasteiger partial charge in [-0.2, -0.15) is 0 Å². The zero-order valence-electron chi connectivity index (χ0n) is 9.39. The number of halogens is 1. The molecule has 0 aliphatic carbocycles. The van der Waals surface area contributed by atoms with Gasteiger partial charge in [-0.3, -0.25) is 0 Å². The Balaban J connectivity index is 2.00. The minimum Gasteiger partial charge on any atom is -0.465 e. The van der Waals surface area contributed by atoms with Crippen molar-refractivity contribution in [2.45, 2.75) is 17.9 Å². The quantitative estimate of drug-likeness (QED) is 0.860. The van der Waals surface area contributed by atoms with Crippen LogP contribution in [0.15, 0.2) is 50.4 Å². The molecule has 1 unspecified atom stereocenters. The molecule has 0 radical (unpaired) electrons. The lowest BCUT2D eigenvalue weighted by molar-refractivity contribution is 0.173. The maximum atomic E-state index is 10.00. The first-order valence-electron chi connectivity index (χ1n) is 5.28. The molecule has 0 saturated heterocycles. The molecule has 4 heteroatoms. The third-order valence-corrected chi connectivity index (χ3v) is 4.34. The Bertz CT molecular complexity index is 496. The minimum absolute atomic E-state index is 0.580. The summed E-state index contributed by atoms with van der Waals surface area (Å²) in [5, 5.41) is 10.00. The SMILES string of the molecule is Cc1ccccc1SCC(O)c1occc1Br. The molecule has 0 saturated carbocycles. The highest BCUT2D eigenvalue weighted by Crippen LogP contribution is 2.30. The first kappa shape index (κ1) is 12.7. The molecule has 1 atom stereocenters. The standard InChI is InChI=1S/C13H13BrO2S/c1-9-4-2-3-5-12(9)17-8-11(15)13-10(14)6-7-16-13/h2-7,11,15H,8H2,1H3. The van der Waals surface area contributed by atoms with Gasteiger partial charge in [0.2, 0.25) is 0 Å². The van der Waals surface area contributed by atoms with E-state index < -0.39 is 6.10 Å². The second-order valence-electron chi connectivity index (χ2n) is 3.73. The van der Waals surface area contributed by atoms with Gasteiger partial charge in [0.05, 0.1) is 10.7 Å². The van der Waals surface area contributed by atoms with Crippen molar-refractivity contribution in [1.29, 1.82) is 0 Å². The molecule has 0 amide bonds. The van der Waals surface area contributed by atoms with Gasteiger partial charge in [-0.05, 0) is 40.5 Å². The zero-order chi connectivity index (χ0) is 12.3. The lowest BCUT2D eigenvalue weighted by atomic mass is 10.2. The molecule has 1 aromatic carbocycles. The highest BCUT2D eigenvalue weighted by atomic mass is 79.9. The number of thioether (sulfide) groups is 1. The number of hydrogen-bond acceptors (Lipinski definition) is 3. The number of rotatable bonds is 4. The van der Waals surface area contributed by atoms with Gasteiger partial charge in [0.15, 0.2) is 0 Å². The molecule has 0 bridgehead atoms. The van der Waals surface area contributed by atoms with Crippen LogP contribution in [0, 0.1) is 6.92 Å². The summed E-state index contributed by atoms with van der Waals surface area (Å²) in [5.41, 5.74) is 1.23. The van der Waals surface area contributed by atoms with Gasteiger partial charge in [0, 0.05) is 10.6 Å². The molecule has 0 spiro atoms. The van der Waals surface area contributed by atoms with Crippen molar-refractivity contribution in [2.75, 3.05) is 5.75 Å². The molecule has 17 heavy (non-hydrogen) atoms. The normalized spacial score (nSPS) is 12.6. The van der Waals surface area contributed by atoms with E-state index in [1.165, 1.54) is 10.5 Å². The van der Waals surface area contributed by atoms with Gasteiger partial charge in [0.1, 0.15) is 11.9 Å². The maximum absolute atomic E-state index is 10.00. The van der Waals surface area contributed by atoms with Crippen LogP contribution in [0.2, 0.25) is 0 Å². The summed E-state index contributed by atoms with van der Waals surface area (Å²) in [6.07, 6.45) is 0.977. The number of aliphatic hydroxyl groups excluding tert-OH is 1. The topological polar surface area (TPSA) is 33.4 Å². The smallest absolute Gasteiger partial charge is 0.147 e. The van der Waals surface area contributed by atoms with Crippen LogP contribution in [0.25, 0.3) is 0 Å². The Labute approximate surface area is 113 Å². The summed E-state index contributed by atoms with van der Waals surface area (Å²) >= 11 is 4.98. The summed E-state index contributed by atoms with van der Waals surface area (Å²) in [7, 11) is 0. The van der Waals surface area contributed by atoms with Crippen LogP contribution in [-0.4, -0.2) is 10.9 Å². The number of aliphatic hydroxyl groups is 1. The molecular weight excluding hydrogens is 300 g/mol. The van der Waals surface area contributed by atoms with E-state index in [1.54, 1.807) is 24.1 Å². The van der Waals surface area contributed by atoms with E-state index in [2.05, 4.69) is 35.0 Å². The average molecular weight is 313 g/mol. The molecule has 0 aliphatic rings. The monoisotopic (exact) mass is 312 g/mol. The first-order chi connectivity index (χ1) is 8.18. The summed E-state index contributed by atoms with van der Waals surface area (Å²) in [4.78, 5) is 1.19. The first-order valence-corrected chi connectivity index (χ1v) is 7.05. The fraction of sp³-hybridized carbons (Fsp3) is 0.231. The van der Waals surface area contributed by atoms with Gasteiger partial charge in [0.25, 0.3) is 0 Å². The summed E-state index contributed by atoms with van der Waals surface area (Å²) in [6.45, 7) is 2.07. The van der Waals surface area contributed by atoms with Gasteiger partial charge >= 0.3 is 0 Å². The van der Waals surface area contributed by atoms with E-state index in [0.717, 1.165) is 4.47 Å². The van der Waals surface area contributed by atoms with Gasteiger partial charge < -0.3 is 9.52 Å². The van der Waals surface area contributed by atoms with Crippen LogP contribution in [0.5, 0.6) is 0 Å². The summed E-state index contributed by atoms with van der Waals surface area (Å²) in [5.74, 6) is 1.17. The van der Waals surface area contributed by atoms with Gasteiger partial charge in [-0.1, -0.05) is 18.2 Å². The number of benzene rings is 1. The summed E-state index contributed by atoms with van der Waals surface area (Å²) < 4.78 is 6.05. The average Bonchev–Trinajstić information content (AvgIpc) is 2.74. The largest absolute Gasteiger partial charge is 0.465 e. The second kappa shape index (κ2) is 5.76. The van der Waals surface area contributed by atoms with E-state index >= 15 is 0 Å². The Morgan fingerprint density at radius 2 is 2.12 bits per heavy atom. The van der Waals surface area contributed by atoms with E-state index in [0.29, 0.717) is 11.5 Å². The lowest BCUT2D eigenvalue weighted by Crippen LogP contribution is -1.99. The minimum atomic E-state index is -0.594. The molecule has 2 nitrogen and oxygen atoms in total. The molecule has 0 aliphatic heterocycles. The maximum Gasteiger partial charge on any atom is 0.147 e. The van der Waals surface area contributed by atoms with Crippen LogP contribution < -0.4 is 0 Å². The Kier molecular flexibility index (Phi) is 4.31. The molecular formula is C13H13BrO2S. The van der Waals surface area contributed by atoms with Gasteiger partial charge in [-0.25, -0.2) is 0 Å². The van der Waals surface area contributed by atoms with E-state index in [4.69, 9.17) is 4.42 Å². The predicted octanol–water partition coefficient (Wildman–Crippen LogP) is 4.18. The molecule has 1 heterocycles. The molecule has 1 aromatic heterocycles. The number of furan rings is 1. The molecule has 2 aromatic rings. The zero-order valence-corrected chi connectivity index (χ0v) is 11.8. The van der Waals surface area contributed by atoms with E-state index in [1.807, 2.05) is 12.1 Å². The van der Waals surface area contributed by atoms with Gasteiger partial charge in [-0.15, -0.1) is 11.8 Å².